The lowest BCUT2D eigenvalue weighted by atomic mass is 10.1. The van der Waals surface area contributed by atoms with E-state index in [1.54, 1.807) is 4.90 Å². The number of amidine groups is 1. The number of halogens is 1. The number of hydrogen-bond donors (Lipinski definition) is 1. The number of hydrogen-bond acceptors (Lipinski definition) is 4. The quantitative estimate of drug-likeness (QED) is 0.848. The third kappa shape index (κ3) is 5.53. The minimum Gasteiger partial charge on any atom is -0.444 e. The van der Waals surface area contributed by atoms with Crippen molar-refractivity contribution in [1.82, 2.24) is 10.2 Å². The minimum atomic E-state index is -0.483. The van der Waals surface area contributed by atoms with Crippen molar-refractivity contribution in [2.24, 2.45) is 4.99 Å². The normalized spacial score (nSPS) is 16.6. The number of ether oxygens (including phenoxy) is 1. The van der Waals surface area contributed by atoms with Crippen LogP contribution in [0.3, 0.4) is 0 Å². The summed E-state index contributed by atoms with van der Waals surface area (Å²) >= 11 is 3.48. The second-order valence-corrected chi connectivity index (χ2v) is 7.57. The van der Waals surface area contributed by atoms with Crippen LogP contribution in [0, 0.1) is 0 Å². The van der Waals surface area contributed by atoms with E-state index in [0.717, 1.165) is 15.9 Å². The molecular weight excluding hydrogens is 358 g/mol. The highest BCUT2D eigenvalue weighted by atomic mass is 79.9. The van der Waals surface area contributed by atoms with Gasteiger partial charge in [0, 0.05) is 17.1 Å². The molecule has 1 aromatic rings. The van der Waals surface area contributed by atoms with E-state index in [1.807, 2.05) is 32.9 Å². The SMILES string of the molecule is CC(NC1=NCCN(C(=O)OC(C)(C)C)C1)c1cccc(Br)c1. The highest BCUT2D eigenvalue weighted by Crippen LogP contribution is 2.18. The Kier molecular flexibility index (Phi) is 5.68. The van der Waals surface area contributed by atoms with Gasteiger partial charge < -0.3 is 10.1 Å². The van der Waals surface area contributed by atoms with Gasteiger partial charge in [-0.1, -0.05) is 28.1 Å². The molecule has 126 valence electrons. The number of rotatable bonds is 2. The van der Waals surface area contributed by atoms with E-state index in [0.29, 0.717) is 19.6 Å². The summed E-state index contributed by atoms with van der Waals surface area (Å²) in [4.78, 5) is 18.4. The summed E-state index contributed by atoms with van der Waals surface area (Å²) in [6.45, 7) is 9.33. The zero-order valence-corrected chi connectivity index (χ0v) is 15.7. The molecule has 1 unspecified atom stereocenters. The van der Waals surface area contributed by atoms with Gasteiger partial charge >= 0.3 is 6.09 Å². The number of benzene rings is 1. The molecule has 0 bridgehead atoms. The van der Waals surface area contributed by atoms with Crippen LogP contribution in [0.4, 0.5) is 4.79 Å². The van der Waals surface area contributed by atoms with E-state index in [2.05, 4.69) is 45.3 Å². The van der Waals surface area contributed by atoms with Crippen molar-refractivity contribution in [3.8, 4) is 0 Å². The molecule has 0 saturated heterocycles. The van der Waals surface area contributed by atoms with Crippen molar-refractivity contribution in [1.29, 1.82) is 0 Å². The topological polar surface area (TPSA) is 53.9 Å². The Morgan fingerprint density at radius 2 is 2.17 bits per heavy atom. The summed E-state index contributed by atoms with van der Waals surface area (Å²) in [6, 6.07) is 8.26. The Hall–Kier alpha value is -1.56. The predicted octanol–water partition coefficient (Wildman–Crippen LogP) is 3.75. The van der Waals surface area contributed by atoms with E-state index in [4.69, 9.17) is 4.74 Å². The highest BCUT2D eigenvalue weighted by molar-refractivity contribution is 9.10. The van der Waals surface area contributed by atoms with Crippen LogP contribution in [0.1, 0.15) is 39.3 Å². The first-order chi connectivity index (χ1) is 10.7. The van der Waals surface area contributed by atoms with Crippen LogP contribution in [-0.2, 0) is 4.74 Å². The first kappa shape index (κ1) is 17.8. The van der Waals surface area contributed by atoms with E-state index < -0.39 is 5.60 Å². The van der Waals surface area contributed by atoms with E-state index in [1.165, 1.54) is 0 Å². The van der Waals surface area contributed by atoms with Crippen molar-refractivity contribution in [2.45, 2.75) is 39.3 Å². The maximum absolute atomic E-state index is 12.2. The first-order valence-corrected chi connectivity index (χ1v) is 8.57. The van der Waals surface area contributed by atoms with Gasteiger partial charge in [0.25, 0.3) is 0 Å². The molecule has 23 heavy (non-hydrogen) atoms. The van der Waals surface area contributed by atoms with Crippen molar-refractivity contribution in [3.05, 3.63) is 34.3 Å². The van der Waals surface area contributed by atoms with Gasteiger partial charge in [0.2, 0.25) is 0 Å². The summed E-state index contributed by atoms with van der Waals surface area (Å²) < 4.78 is 6.47. The molecule has 0 saturated carbocycles. The van der Waals surface area contributed by atoms with Crippen LogP contribution in [0.5, 0.6) is 0 Å². The van der Waals surface area contributed by atoms with Crippen LogP contribution in [0.2, 0.25) is 0 Å². The third-order valence-corrected chi connectivity index (χ3v) is 3.89. The molecule has 0 aromatic heterocycles. The summed E-state index contributed by atoms with van der Waals surface area (Å²) in [5, 5.41) is 3.39. The molecule has 0 radical (unpaired) electrons. The Morgan fingerprint density at radius 3 is 2.83 bits per heavy atom. The average molecular weight is 382 g/mol. The fourth-order valence-electron chi connectivity index (χ4n) is 2.30. The maximum Gasteiger partial charge on any atom is 0.410 e. The van der Waals surface area contributed by atoms with Gasteiger partial charge in [0.15, 0.2) is 0 Å². The number of carbonyl (C=O) groups is 1. The molecule has 1 aliphatic rings. The average Bonchev–Trinajstić information content (AvgIpc) is 2.45. The zero-order chi connectivity index (χ0) is 17.0. The summed E-state index contributed by atoms with van der Waals surface area (Å²) in [5.41, 5.74) is 0.680. The lowest BCUT2D eigenvalue weighted by Crippen LogP contribution is -2.47. The lowest BCUT2D eigenvalue weighted by molar-refractivity contribution is 0.0276. The molecule has 1 aromatic carbocycles. The minimum absolute atomic E-state index is 0.116. The van der Waals surface area contributed by atoms with Crippen LogP contribution in [-0.4, -0.2) is 42.1 Å². The van der Waals surface area contributed by atoms with Crippen molar-refractivity contribution < 1.29 is 9.53 Å². The van der Waals surface area contributed by atoms with Gasteiger partial charge in [-0.2, -0.15) is 0 Å². The number of nitrogens with zero attached hydrogens (tertiary/aromatic N) is 2. The van der Waals surface area contributed by atoms with Gasteiger partial charge in [-0.3, -0.25) is 9.89 Å². The second kappa shape index (κ2) is 7.34. The lowest BCUT2D eigenvalue weighted by Gasteiger charge is -2.30. The fourth-order valence-corrected chi connectivity index (χ4v) is 2.72. The molecule has 0 aliphatic carbocycles. The smallest absolute Gasteiger partial charge is 0.410 e. The third-order valence-electron chi connectivity index (χ3n) is 3.40. The molecule has 1 heterocycles. The number of carbonyl (C=O) groups excluding carboxylic acids is 1. The van der Waals surface area contributed by atoms with Gasteiger partial charge in [0.05, 0.1) is 13.1 Å². The largest absolute Gasteiger partial charge is 0.444 e. The molecular formula is C17H24BrN3O2. The van der Waals surface area contributed by atoms with E-state index in [9.17, 15) is 4.79 Å². The van der Waals surface area contributed by atoms with Crippen molar-refractivity contribution >= 4 is 27.9 Å². The Balaban J connectivity index is 1.96. The van der Waals surface area contributed by atoms with Gasteiger partial charge in [-0.25, -0.2) is 4.79 Å². The summed E-state index contributed by atoms with van der Waals surface area (Å²) in [6.07, 6.45) is -0.290. The molecule has 1 aliphatic heterocycles. The number of aliphatic imine (C=N–C) groups is 1. The van der Waals surface area contributed by atoms with Gasteiger partial charge in [0.1, 0.15) is 11.4 Å². The van der Waals surface area contributed by atoms with Crippen LogP contribution < -0.4 is 5.32 Å². The molecule has 1 atom stereocenters. The number of amides is 1. The molecule has 1 N–H and O–H groups in total. The molecule has 6 heteroatoms. The number of nitrogens with one attached hydrogen (secondary N) is 1. The molecule has 5 nitrogen and oxygen atoms in total. The second-order valence-electron chi connectivity index (χ2n) is 6.65. The Labute approximate surface area is 146 Å². The van der Waals surface area contributed by atoms with Gasteiger partial charge in [-0.15, -0.1) is 0 Å². The maximum atomic E-state index is 12.2. The van der Waals surface area contributed by atoms with Crippen molar-refractivity contribution in [3.63, 3.8) is 0 Å². The van der Waals surface area contributed by atoms with Crippen LogP contribution in [0.25, 0.3) is 0 Å². The highest BCUT2D eigenvalue weighted by Gasteiger charge is 2.25. The predicted molar refractivity (Wildman–Crippen MR) is 95.8 cm³/mol. The monoisotopic (exact) mass is 381 g/mol. The molecule has 1 amide bonds. The fraction of sp³-hybridized carbons (Fsp3) is 0.529. The molecule has 0 fully saturated rings. The zero-order valence-electron chi connectivity index (χ0n) is 14.1. The van der Waals surface area contributed by atoms with Crippen molar-refractivity contribution in [2.75, 3.05) is 19.6 Å². The van der Waals surface area contributed by atoms with E-state index >= 15 is 0 Å². The Morgan fingerprint density at radius 1 is 1.43 bits per heavy atom. The van der Waals surface area contributed by atoms with E-state index in [-0.39, 0.29) is 12.1 Å². The van der Waals surface area contributed by atoms with Gasteiger partial charge in [-0.05, 0) is 45.4 Å². The van der Waals surface area contributed by atoms with Crippen LogP contribution >= 0.6 is 15.9 Å². The standard InChI is InChI=1S/C17H24BrN3O2/c1-12(13-6-5-7-14(18)10-13)20-15-11-21(9-8-19-15)16(22)23-17(2,3)4/h5-7,10,12H,8-9,11H2,1-4H3,(H,19,20). The summed E-state index contributed by atoms with van der Waals surface area (Å²) in [7, 11) is 0. The van der Waals surface area contributed by atoms with Crippen LogP contribution in [0.15, 0.2) is 33.7 Å². The molecule has 2 rings (SSSR count). The first-order valence-electron chi connectivity index (χ1n) is 7.78. The Bertz CT molecular complexity index is 596. The summed E-state index contributed by atoms with van der Waals surface area (Å²) in [5.74, 6) is 0.814. The molecule has 0 spiro atoms.